The molecule has 0 saturated carbocycles. The van der Waals surface area contributed by atoms with Gasteiger partial charge in [-0.25, -0.2) is 4.98 Å². The summed E-state index contributed by atoms with van der Waals surface area (Å²) in [6.07, 6.45) is 0.756. The van der Waals surface area contributed by atoms with Crippen LogP contribution in [-0.2, 0) is 4.79 Å². The van der Waals surface area contributed by atoms with Crippen LogP contribution in [0.3, 0.4) is 0 Å². The first-order chi connectivity index (χ1) is 13.0. The third-order valence-electron chi connectivity index (χ3n) is 4.69. The number of anilines is 1. The van der Waals surface area contributed by atoms with Crippen LogP contribution in [0.5, 0.6) is 0 Å². The maximum atomic E-state index is 12.8. The molecule has 0 fully saturated rings. The quantitative estimate of drug-likeness (QED) is 0.624. The summed E-state index contributed by atoms with van der Waals surface area (Å²) in [6, 6.07) is 14.2. The van der Waals surface area contributed by atoms with E-state index < -0.39 is 6.04 Å². The fourth-order valence-corrected chi connectivity index (χ4v) is 2.92. The highest BCUT2D eigenvalue weighted by Gasteiger charge is 2.27. The van der Waals surface area contributed by atoms with Gasteiger partial charge in [0.1, 0.15) is 6.04 Å². The number of amides is 2. The normalized spacial score (nSPS) is 13.1. The second kappa shape index (κ2) is 8.03. The fourth-order valence-electron chi connectivity index (χ4n) is 2.92. The minimum absolute atomic E-state index is 0.0249. The van der Waals surface area contributed by atoms with Crippen LogP contribution in [0.15, 0.2) is 48.5 Å². The molecule has 0 aliphatic heterocycles. The molecule has 0 bridgehead atoms. The van der Waals surface area contributed by atoms with Crippen molar-refractivity contribution in [2.75, 3.05) is 5.32 Å². The molecule has 3 rings (SSSR count). The average Bonchev–Trinajstić information content (AvgIpc) is 3.07. The van der Waals surface area contributed by atoms with Gasteiger partial charge < -0.3 is 10.3 Å². The van der Waals surface area contributed by atoms with Crippen molar-refractivity contribution in [2.45, 2.75) is 33.2 Å². The number of aromatic amines is 1. The van der Waals surface area contributed by atoms with Crippen LogP contribution in [0.25, 0.3) is 11.0 Å². The molecule has 0 aliphatic rings. The van der Waals surface area contributed by atoms with Gasteiger partial charge in [-0.15, -0.1) is 0 Å². The standard InChI is InChI=1S/C21H24N4O2/c1-4-14(3)18(24-19(26)15-9-7-8-13(2)12-15)20(27)25-21-22-16-10-5-6-11-17(16)23-21/h5-12,14,18H,4H2,1-3H3,(H,24,26)(H2,22,23,25,27)/t14-,18+/m0/s1. The van der Waals surface area contributed by atoms with Gasteiger partial charge in [0, 0.05) is 5.56 Å². The van der Waals surface area contributed by atoms with E-state index in [4.69, 9.17) is 0 Å². The molecule has 6 heteroatoms. The predicted octanol–water partition coefficient (Wildman–Crippen LogP) is 3.65. The van der Waals surface area contributed by atoms with Crippen LogP contribution in [0.2, 0.25) is 0 Å². The number of benzene rings is 2. The average molecular weight is 364 g/mol. The molecule has 3 aromatic rings. The van der Waals surface area contributed by atoms with Crippen molar-refractivity contribution in [1.82, 2.24) is 15.3 Å². The summed E-state index contributed by atoms with van der Waals surface area (Å²) in [5.74, 6) is -0.199. The first kappa shape index (κ1) is 18.6. The zero-order valence-electron chi connectivity index (χ0n) is 15.7. The Balaban J connectivity index is 1.77. The summed E-state index contributed by atoms with van der Waals surface area (Å²) in [4.78, 5) is 32.9. The Labute approximate surface area is 158 Å². The maximum Gasteiger partial charge on any atom is 0.251 e. The Morgan fingerprint density at radius 2 is 1.93 bits per heavy atom. The van der Waals surface area contributed by atoms with E-state index in [1.54, 1.807) is 12.1 Å². The van der Waals surface area contributed by atoms with Crippen LogP contribution in [0, 0.1) is 12.8 Å². The second-order valence-electron chi connectivity index (χ2n) is 6.80. The van der Waals surface area contributed by atoms with Gasteiger partial charge in [0.2, 0.25) is 11.9 Å². The van der Waals surface area contributed by atoms with Crippen molar-refractivity contribution in [3.8, 4) is 0 Å². The molecule has 1 heterocycles. The Morgan fingerprint density at radius 3 is 2.63 bits per heavy atom. The number of aryl methyl sites for hydroxylation is 1. The lowest BCUT2D eigenvalue weighted by atomic mass is 9.97. The molecule has 0 saturated heterocycles. The predicted molar refractivity (Wildman–Crippen MR) is 107 cm³/mol. The summed E-state index contributed by atoms with van der Waals surface area (Å²) >= 11 is 0. The number of nitrogens with zero attached hydrogens (tertiary/aromatic N) is 1. The molecular formula is C21H24N4O2. The molecule has 0 aliphatic carbocycles. The number of hydrogen-bond acceptors (Lipinski definition) is 3. The smallest absolute Gasteiger partial charge is 0.251 e. The van der Waals surface area contributed by atoms with Crippen molar-refractivity contribution in [3.63, 3.8) is 0 Å². The van der Waals surface area contributed by atoms with Gasteiger partial charge >= 0.3 is 0 Å². The van der Waals surface area contributed by atoms with Gasteiger partial charge in [-0.1, -0.05) is 50.1 Å². The number of rotatable bonds is 6. The van der Waals surface area contributed by atoms with Crippen LogP contribution in [-0.4, -0.2) is 27.8 Å². The van der Waals surface area contributed by atoms with Gasteiger partial charge in [0.15, 0.2) is 0 Å². The molecule has 2 atom stereocenters. The number of fused-ring (bicyclic) bond motifs is 1. The number of para-hydroxylation sites is 2. The molecule has 27 heavy (non-hydrogen) atoms. The fraction of sp³-hybridized carbons (Fsp3) is 0.286. The summed E-state index contributed by atoms with van der Waals surface area (Å²) < 4.78 is 0. The van der Waals surface area contributed by atoms with Crippen LogP contribution < -0.4 is 10.6 Å². The number of hydrogen-bond donors (Lipinski definition) is 3. The number of H-pyrrole nitrogens is 1. The Kier molecular flexibility index (Phi) is 5.54. The lowest BCUT2D eigenvalue weighted by Gasteiger charge is -2.23. The van der Waals surface area contributed by atoms with Crippen LogP contribution in [0.1, 0.15) is 36.2 Å². The first-order valence-electron chi connectivity index (χ1n) is 9.11. The van der Waals surface area contributed by atoms with E-state index in [1.165, 1.54) is 0 Å². The molecule has 140 valence electrons. The Hall–Kier alpha value is -3.15. The number of imidazole rings is 1. The molecule has 3 N–H and O–H groups in total. The van der Waals surface area contributed by atoms with Crippen LogP contribution in [0.4, 0.5) is 5.95 Å². The van der Waals surface area contributed by atoms with E-state index in [-0.39, 0.29) is 17.7 Å². The lowest BCUT2D eigenvalue weighted by Crippen LogP contribution is -2.47. The topological polar surface area (TPSA) is 86.9 Å². The Morgan fingerprint density at radius 1 is 1.15 bits per heavy atom. The summed E-state index contributed by atoms with van der Waals surface area (Å²) in [5.41, 5.74) is 3.16. The molecule has 0 radical (unpaired) electrons. The molecule has 2 amide bonds. The van der Waals surface area contributed by atoms with Crippen molar-refractivity contribution in [2.24, 2.45) is 5.92 Å². The SMILES string of the molecule is CC[C@H](C)[C@@H](NC(=O)c1cccc(C)c1)C(=O)Nc1nc2ccccc2[nH]1. The van der Waals surface area contributed by atoms with Gasteiger partial charge in [-0.3, -0.25) is 14.9 Å². The monoisotopic (exact) mass is 364 g/mol. The first-order valence-corrected chi connectivity index (χ1v) is 9.11. The molecule has 1 aromatic heterocycles. The van der Waals surface area contributed by atoms with Crippen molar-refractivity contribution in [3.05, 3.63) is 59.7 Å². The second-order valence-corrected chi connectivity index (χ2v) is 6.80. The number of carbonyl (C=O) groups excluding carboxylic acids is 2. The third-order valence-corrected chi connectivity index (χ3v) is 4.69. The molecular weight excluding hydrogens is 340 g/mol. The van der Waals surface area contributed by atoms with E-state index >= 15 is 0 Å². The van der Waals surface area contributed by atoms with E-state index in [9.17, 15) is 9.59 Å². The number of aromatic nitrogens is 2. The lowest BCUT2D eigenvalue weighted by molar-refractivity contribution is -0.119. The molecule has 6 nitrogen and oxygen atoms in total. The summed E-state index contributed by atoms with van der Waals surface area (Å²) in [5, 5.41) is 5.67. The van der Waals surface area contributed by atoms with Gasteiger partial charge in [-0.05, 0) is 37.1 Å². The van der Waals surface area contributed by atoms with E-state index in [0.29, 0.717) is 11.5 Å². The highest BCUT2D eigenvalue weighted by molar-refractivity contribution is 6.01. The van der Waals surface area contributed by atoms with Crippen molar-refractivity contribution >= 4 is 28.8 Å². The summed E-state index contributed by atoms with van der Waals surface area (Å²) in [6.45, 7) is 5.86. The Bertz CT molecular complexity index is 930. The highest BCUT2D eigenvalue weighted by Crippen LogP contribution is 2.16. The van der Waals surface area contributed by atoms with Crippen molar-refractivity contribution < 1.29 is 9.59 Å². The molecule has 0 unspecified atom stereocenters. The highest BCUT2D eigenvalue weighted by atomic mass is 16.2. The zero-order chi connectivity index (χ0) is 19.4. The van der Waals surface area contributed by atoms with E-state index in [1.807, 2.05) is 57.2 Å². The minimum Gasteiger partial charge on any atom is -0.340 e. The largest absolute Gasteiger partial charge is 0.340 e. The van der Waals surface area contributed by atoms with Crippen LogP contribution >= 0.6 is 0 Å². The van der Waals surface area contributed by atoms with Crippen molar-refractivity contribution in [1.29, 1.82) is 0 Å². The minimum atomic E-state index is -0.656. The van der Waals surface area contributed by atoms with E-state index in [0.717, 1.165) is 23.0 Å². The van der Waals surface area contributed by atoms with Gasteiger partial charge in [-0.2, -0.15) is 0 Å². The maximum absolute atomic E-state index is 12.8. The molecule has 0 spiro atoms. The number of nitrogens with one attached hydrogen (secondary N) is 3. The zero-order valence-corrected chi connectivity index (χ0v) is 15.7. The van der Waals surface area contributed by atoms with Gasteiger partial charge in [0.05, 0.1) is 11.0 Å². The molecule has 2 aromatic carbocycles. The van der Waals surface area contributed by atoms with E-state index in [2.05, 4.69) is 20.6 Å². The summed E-state index contributed by atoms with van der Waals surface area (Å²) in [7, 11) is 0. The van der Waals surface area contributed by atoms with Gasteiger partial charge in [0.25, 0.3) is 5.91 Å². The third kappa shape index (κ3) is 4.34. The number of carbonyl (C=O) groups is 2.